The summed E-state index contributed by atoms with van der Waals surface area (Å²) < 4.78 is 9.13. The van der Waals surface area contributed by atoms with Crippen LogP contribution >= 0.6 is 0 Å². The zero-order valence-electron chi connectivity index (χ0n) is 9.80. The Morgan fingerprint density at radius 2 is 1.59 bits per heavy atom. The third-order valence-corrected chi connectivity index (χ3v) is 2.39. The van der Waals surface area contributed by atoms with Crippen LogP contribution in [0, 0.1) is 5.92 Å². The highest BCUT2D eigenvalue weighted by Gasteiger charge is 2.28. The molecule has 2 N–H and O–H groups in total. The number of nitrogens with two attached hydrogens (primary N) is 1. The van der Waals surface area contributed by atoms with Gasteiger partial charge in [-0.15, -0.1) is 0 Å². The molecule has 1 aromatic carbocycles. The monoisotopic (exact) mass is 237 g/mol. The van der Waals surface area contributed by atoms with Crippen molar-refractivity contribution in [2.45, 2.75) is 6.42 Å². The predicted molar refractivity (Wildman–Crippen MR) is 62.1 cm³/mol. The van der Waals surface area contributed by atoms with E-state index in [9.17, 15) is 9.59 Å². The van der Waals surface area contributed by atoms with Gasteiger partial charge in [-0.3, -0.25) is 9.59 Å². The highest BCUT2D eigenvalue weighted by molar-refractivity contribution is 5.95. The molecule has 5 nitrogen and oxygen atoms in total. The van der Waals surface area contributed by atoms with E-state index in [0.29, 0.717) is 5.69 Å². The summed E-state index contributed by atoms with van der Waals surface area (Å²) in [7, 11) is 2.47. The SMILES string of the molecule is COC(=O)C(Cc1ccc(N)cc1)C(=O)OC. The Morgan fingerprint density at radius 1 is 1.12 bits per heavy atom. The number of carbonyl (C=O) groups is 2. The van der Waals surface area contributed by atoms with Gasteiger partial charge in [-0.25, -0.2) is 0 Å². The number of hydrogen-bond acceptors (Lipinski definition) is 5. The highest BCUT2D eigenvalue weighted by atomic mass is 16.5. The van der Waals surface area contributed by atoms with Crippen LogP contribution in [0.25, 0.3) is 0 Å². The maximum Gasteiger partial charge on any atom is 0.320 e. The molecule has 0 bridgehead atoms. The fraction of sp³-hybridized carbons (Fsp3) is 0.333. The molecule has 1 aromatic rings. The van der Waals surface area contributed by atoms with Crippen LogP contribution in [0.5, 0.6) is 0 Å². The highest BCUT2D eigenvalue weighted by Crippen LogP contribution is 2.14. The van der Waals surface area contributed by atoms with E-state index in [2.05, 4.69) is 9.47 Å². The molecule has 0 atom stereocenters. The normalized spacial score (nSPS) is 10.1. The molecule has 0 saturated heterocycles. The molecule has 0 aliphatic heterocycles. The minimum atomic E-state index is -0.936. The Hall–Kier alpha value is -2.04. The van der Waals surface area contributed by atoms with Crippen molar-refractivity contribution in [2.75, 3.05) is 20.0 Å². The van der Waals surface area contributed by atoms with Gasteiger partial charge in [0.1, 0.15) is 0 Å². The van der Waals surface area contributed by atoms with Crippen molar-refractivity contribution < 1.29 is 19.1 Å². The van der Waals surface area contributed by atoms with Gasteiger partial charge in [0.25, 0.3) is 0 Å². The Kier molecular flexibility index (Phi) is 4.51. The third kappa shape index (κ3) is 3.48. The molecule has 0 heterocycles. The molecule has 0 aromatic heterocycles. The number of anilines is 1. The molecular weight excluding hydrogens is 222 g/mol. The molecule has 0 amide bonds. The van der Waals surface area contributed by atoms with E-state index in [0.717, 1.165) is 5.56 Å². The summed E-state index contributed by atoms with van der Waals surface area (Å²) in [4.78, 5) is 22.9. The van der Waals surface area contributed by atoms with Gasteiger partial charge in [-0.2, -0.15) is 0 Å². The molecule has 0 fully saturated rings. The Labute approximate surface area is 99.5 Å². The Morgan fingerprint density at radius 3 is 2.00 bits per heavy atom. The van der Waals surface area contributed by atoms with Gasteiger partial charge in [0.2, 0.25) is 0 Å². The van der Waals surface area contributed by atoms with Gasteiger partial charge in [0, 0.05) is 5.69 Å². The lowest BCUT2D eigenvalue weighted by atomic mass is 9.99. The quantitative estimate of drug-likeness (QED) is 0.475. The van der Waals surface area contributed by atoms with Crippen molar-refractivity contribution in [1.82, 2.24) is 0 Å². The minimum absolute atomic E-state index is 0.236. The summed E-state index contributed by atoms with van der Waals surface area (Å²) in [5.41, 5.74) is 6.99. The van der Waals surface area contributed by atoms with Crippen molar-refractivity contribution >= 4 is 17.6 Å². The van der Waals surface area contributed by atoms with E-state index in [1.54, 1.807) is 24.3 Å². The molecule has 0 radical (unpaired) electrons. The average Bonchev–Trinajstić information content (AvgIpc) is 2.36. The molecule has 0 saturated carbocycles. The third-order valence-electron chi connectivity index (χ3n) is 2.39. The molecular formula is C12H15NO4. The Bertz CT molecular complexity index is 383. The van der Waals surface area contributed by atoms with Crippen LogP contribution in [-0.2, 0) is 25.5 Å². The van der Waals surface area contributed by atoms with E-state index in [1.165, 1.54) is 14.2 Å². The van der Waals surface area contributed by atoms with Gasteiger partial charge >= 0.3 is 11.9 Å². The molecule has 0 aliphatic rings. The summed E-state index contributed by atoms with van der Waals surface area (Å²) in [6.45, 7) is 0. The first-order chi connectivity index (χ1) is 8.08. The maximum absolute atomic E-state index is 11.4. The molecule has 0 unspecified atom stereocenters. The first-order valence-electron chi connectivity index (χ1n) is 5.08. The van der Waals surface area contributed by atoms with Gasteiger partial charge < -0.3 is 15.2 Å². The number of methoxy groups -OCH3 is 2. The number of ether oxygens (including phenoxy) is 2. The maximum atomic E-state index is 11.4. The van der Waals surface area contributed by atoms with Crippen molar-refractivity contribution in [3.05, 3.63) is 29.8 Å². The number of hydrogen-bond donors (Lipinski definition) is 1. The number of nitrogen functional groups attached to an aromatic ring is 1. The molecule has 0 spiro atoms. The van der Waals surface area contributed by atoms with E-state index in [-0.39, 0.29) is 6.42 Å². The van der Waals surface area contributed by atoms with Crippen LogP contribution in [-0.4, -0.2) is 26.2 Å². The molecule has 5 heteroatoms. The van der Waals surface area contributed by atoms with Crippen LogP contribution < -0.4 is 5.73 Å². The van der Waals surface area contributed by atoms with Gasteiger partial charge in [0.05, 0.1) is 14.2 Å². The lowest BCUT2D eigenvalue weighted by Gasteiger charge is -2.12. The first-order valence-corrected chi connectivity index (χ1v) is 5.08. The van der Waals surface area contributed by atoms with Gasteiger partial charge in [0.15, 0.2) is 5.92 Å². The molecule has 0 aliphatic carbocycles. The number of rotatable bonds is 4. The fourth-order valence-corrected chi connectivity index (χ4v) is 1.44. The lowest BCUT2D eigenvalue weighted by Crippen LogP contribution is -2.28. The van der Waals surface area contributed by atoms with Crippen molar-refractivity contribution in [3.8, 4) is 0 Å². The summed E-state index contributed by atoms with van der Waals surface area (Å²) >= 11 is 0. The number of esters is 2. The Balaban J connectivity index is 2.82. The minimum Gasteiger partial charge on any atom is -0.468 e. The second-order valence-electron chi connectivity index (χ2n) is 3.54. The standard InChI is InChI=1S/C12H15NO4/c1-16-11(14)10(12(15)17-2)7-8-3-5-9(13)6-4-8/h3-6,10H,7,13H2,1-2H3. The van der Waals surface area contributed by atoms with E-state index < -0.39 is 17.9 Å². The van der Waals surface area contributed by atoms with Crippen LogP contribution in [0.2, 0.25) is 0 Å². The summed E-state index contributed by atoms with van der Waals surface area (Å²) in [6, 6.07) is 6.93. The largest absolute Gasteiger partial charge is 0.468 e. The smallest absolute Gasteiger partial charge is 0.320 e. The van der Waals surface area contributed by atoms with E-state index in [1.807, 2.05) is 0 Å². The van der Waals surface area contributed by atoms with Crippen LogP contribution in [0.3, 0.4) is 0 Å². The number of benzene rings is 1. The second-order valence-corrected chi connectivity index (χ2v) is 3.54. The second kappa shape index (κ2) is 5.89. The van der Waals surface area contributed by atoms with Crippen LogP contribution in [0.15, 0.2) is 24.3 Å². The zero-order chi connectivity index (χ0) is 12.8. The van der Waals surface area contributed by atoms with Crippen LogP contribution in [0.4, 0.5) is 5.69 Å². The molecule has 1 rings (SSSR count). The summed E-state index contributed by atoms with van der Waals surface area (Å²) in [6.07, 6.45) is 0.236. The van der Waals surface area contributed by atoms with E-state index >= 15 is 0 Å². The van der Waals surface area contributed by atoms with E-state index in [4.69, 9.17) is 5.73 Å². The zero-order valence-corrected chi connectivity index (χ0v) is 9.80. The van der Waals surface area contributed by atoms with Crippen molar-refractivity contribution in [1.29, 1.82) is 0 Å². The average molecular weight is 237 g/mol. The molecule has 92 valence electrons. The fourth-order valence-electron chi connectivity index (χ4n) is 1.44. The summed E-state index contributed by atoms with van der Waals surface area (Å²) in [5, 5.41) is 0. The van der Waals surface area contributed by atoms with Crippen molar-refractivity contribution in [2.24, 2.45) is 5.92 Å². The topological polar surface area (TPSA) is 78.6 Å². The molecule has 17 heavy (non-hydrogen) atoms. The van der Waals surface area contributed by atoms with Crippen molar-refractivity contribution in [3.63, 3.8) is 0 Å². The number of carbonyl (C=O) groups excluding carboxylic acids is 2. The summed E-state index contributed by atoms with van der Waals surface area (Å²) in [5.74, 6) is -2.14. The predicted octanol–water partition coefficient (Wildman–Crippen LogP) is 0.773. The van der Waals surface area contributed by atoms with Gasteiger partial charge in [-0.05, 0) is 24.1 Å². The van der Waals surface area contributed by atoms with Gasteiger partial charge in [-0.1, -0.05) is 12.1 Å². The van der Waals surface area contributed by atoms with Crippen LogP contribution in [0.1, 0.15) is 5.56 Å². The first kappa shape index (κ1) is 13.0. The lowest BCUT2D eigenvalue weighted by molar-refractivity contribution is -0.158.